The summed E-state index contributed by atoms with van der Waals surface area (Å²) in [4.78, 5) is 12.1. The summed E-state index contributed by atoms with van der Waals surface area (Å²) < 4.78 is 4.35. The minimum atomic E-state index is -0.127. The van der Waals surface area contributed by atoms with Crippen LogP contribution in [0.2, 0.25) is 5.02 Å². The third-order valence-corrected chi connectivity index (χ3v) is 4.77. The summed E-state index contributed by atoms with van der Waals surface area (Å²) in [5, 5.41) is 14.6. The Morgan fingerprint density at radius 2 is 2.04 bits per heavy atom. The number of carbonyl (C=O) groups is 1. The summed E-state index contributed by atoms with van der Waals surface area (Å²) in [5.74, 6) is 1.23. The standard InChI is InChI=1S/C18H21ClN6OS/c1-2-3-11-24-17(13-4-6-14(19)7-5-13)23-25(18(24)27)12-9-16(26)21-15-8-10-20-22-15/h4-8,10H,2-3,9,11-12H2,1H3,(H2,20,21,22,26). The third-order valence-electron chi connectivity index (χ3n) is 4.09. The third kappa shape index (κ3) is 4.84. The van der Waals surface area contributed by atoms with Crippen LogP contribution in [-0.2, 0) is 17.9 Å². The zero-order chi connectivity index (χ0) is 19.2. The number of hydrogen-bond acceptors (Lipinski definition) is 4. The molecule has 0 saturated heterocycles. The zero-order valence-corrected chi connectivity index (χ0v) is 16.6. The lowest BCUT2D eigenvalue weighted by Gasteiger charge is -2.05. The number of benzene rings is 1. The first-order valence-corrected chi connectivity index (χ1v) is 9.60. The number of amides is 1. The van der Waals surface area contributed by atoms with Crippen molar-refractivity contribution in [2.75, 3.05) is 5.32 Å². The SMILES string of the molecule is CCCCn1c(-c2ccc(Cl)cc2)nn(CCC(=O)Nc2ccn[nH]2)c1=S. The second kappa shape index (κ2) is 8.96. The Labute approximate surface area is 167 Å². The molecule has 0 spiro atoms. The van der Waals surface area contributed by atoms with E-state index in [4.69, 9.17) is 23.8 Å². The lowest BCUT2D eigenvalue weighted by molar-refractivity contribution is -0.116. The average Bonchev–Trinajstić information content (AvgIpc) is 3.27. The van der Waals surface area contributed by atoms with Crippen molar-refractivity contribution >= 4 is 35.5 Å². The van der Waals surface area contributed by atoms with Crippen LogP contribution in [-0.4, -0.2) is 30.5 Å². The number of halogens is 1. The fourth-order valence-corrected chi connectivity index (χ4v) is 3.10. The number of H-pyrrole nitrogens is 1. The molecule has 0 fully saturated rings. The van der Waals surface area contributed by atoms with Crippen molar-refractivity contribution in [2.24, 2.45) is 0 Å². The van der Waals surface area contributed by atoms with Gasteiger partial charge in [0.05, 0.1) is 12.7 Å². The summed E-state index contributed by atoms with van der Waals surface area (Å²) >= 11 is 11.6. The van der Waals surface area contributed by atoms with Gasteiger partial charge in [-0.25, -0.2) is 4.68 Å². The minimum absolute atomic E-state index is 0.127. The number of aromatic nitrogens is 5. The van der Waals surface area contributed by atoms with Gasteiger partial charge in [0.25, 0.3) is 0 Å². The normalized spacial score (nSPS) is 10.9. The maximum absolute atomic E-state index is 12.1. The Morgan fingerprint density at radius 1 is 1.26 bits per heavy atom. The van der Waals surface area contributed by atoms with Crippen molar-refractivity contribution in [1.29, 1.82) is 0 Å². The monoisotopic (exact) mass is 404 g/mol. The first kappa shape index (κ1) is 19.3. The number of rotatable bonds is 8. The van der Waals surface area contributed by atoms with E-state index in [-0.39, 0.29) is 12.3 Å². The second-order valence-corrected chi connectivity index (χ2v) is 6.91. The van der Waals surface area contributed by atoms with E-state index in [9.17, 15) is 4.79 Å². The van der Waals surface area contributed by atoms with Gasteiger partial charge in [0.1, 0.15) is 5.82 Å². The second-order valence-electron chi connectivity index (χ2n) is 6.11. The van der Waals surface area contributed by atoms with Crippen molar-refractivity contribution < 1.29 is 4.79 Å². The maximum atomic E-state index is 12.1. The fourth-order valence-electron chi connectivity index (χ4n) is 2.66. The number of carbonyl (C=O) groups excluding carboxylic acids is 1. The van der Waals surface area contributed by atoms with Gasteiger partial charge >= 0.3 is 0 Å². The Kier molecular flexibility index (Phi) is 6.41. The molecule has 142 valence electrons. The van der Waals surface area contributed by atoms with Gasteiger partial charge in [0.15, 0.2) is 10.6 Å². The first-order chi connectivity index (χ1) is 13.1. The molecular formula is C18H21ClN6OS. The van der Waals surface area contributed by atoms with E-state index in [0.717, 1.165) is 30.8 Å². The molecule has 2 N–H and O–H groups in total. The number of aromatic amines is 1. The summed E-state index contributed by atoms with van der Waals surface area (Å²) in [5.41, 5.74) is 0.947. The maximum Gasteiger partial charge on any atom is 0.227 e. The smallest absolute Gasteiger partial charge is 0.227 e. The predicted octanol–water partition coefficient (Wildman–Crippen LogP) is 4.29. The molecule has 0 aliphatic carbocycles. The highest BCUT2D eigenvalue weighted by atomic mass is 35.5. The molecule has 2 aromatic heterocycles. The molecule has 0 unspecified atom stereocenters. The topological polar surface area (TPSA) is 80.5 Å². The van der Waals surface area contributed by atoms with Crippen LogP contribution in [0, 0.1) is 4.77 Å². The highest BCUT2D eigenvalue weighted by molar-refractivity contribution is 7.71. The van der Waals surface area contributed by atoms with Crippen LogP contribution in [0.1, 0.15) is 26.2 Å². The molecule has 2 heterocycles. The molecule has 1 aromatic carbocycles. The van der Waals surface area contributed by atoms with Gasteiger partial charge in [-0.05, 0) is 42.9 Å². The number of unbranched alkanes of at least 4 members (excludes halogenated alkanes) is 1. The minimum Gasteiger partial charge on any atom is -0.311 e. The highest BCUT2D eigenvalue weighted by Crippen LogP contribution is 2.21. The summed E-state index contributed by atoms with van der Waals surface area (Å²) in [6.45, 7) is 3.32. The summed E-state index contributed by atoms with van der Waals surface area (Å²) in [7, 11) is 0. The molecule has 0 atom stereocenters. The van der Waals surface area contributed by atoms with Gasteiger partial charge in [0, 0.05) is 29.6 Å². The van der Waals surface area contributed by atoms with Gasteiger partial charge in [-0.1, -0.05) is 24.9 Å². The van der Waals surface area contributed by atoms with Crippen LogP contribution in [0.25, 0.3) is 11.4 Å². The number of nitrogens with one attached hydrogen (secondary N) is 2. The van der Waals surface area contributed by atoms with E-state index in [1.165, 1.54) is 0 Å². The molecule has 0 aliphatic rings. The number of nitrogens with zero attached hydrogens (tertiary/aromatic N) is 4. The van der Waals surface area contributed by atoms with Gasteiger partial charge in [-0.2, -0.15) is 10.2 Å². The summed E-state index contributed by atoms with van der Waals surface area (Å²) in [6, 6.07) is 9.22. The number of hydrogen-bond donors (Lipinski definition) is 2. The Balaban J connectivity index is 1.79. The summed E-state index contributed by atoms with van der Waals surface area (Å²) in [6.07, 6.45) is 3.90. The molecule has 0 aliphatic heterocycles. The van der Waals surface area contributed by atoms with Crippen molar-refractivity contribution in [3.8, 4) is 11.4 Å². The average molecular weight is 405 g/mol. The highest BCUT2D eigenvalue weighted by Gasteiger charge is 2.14. The zero-order valence-electron chi connectivity index (χ0n) is 15.0. The van der Waals surface area contributed by atoms with E-state index in [0.29, 0.717) is 22.2 Å². The quantitative estimate of drug-likeness (QED) is 0.549. The van der Waals surface area contributed by atoms with Crippen LogP contribution in [0.5, 0.6) is 0 Å². The van der Waals surface area contributed by atoms with Gasteiger partial charge in [-0.15, -0.1) is 0 Å². The molecule has 0 bridgehead atoms. The largest absolute Gasteiger partial charge is 0.311 e. The van der Waals surface area contributed by atoms with Crippen molar-refractivity contribution in [3.05, 3.63) is 46.3 Å². The number of aryl methyl sites for hydroxylation is 1. The van der Waals surface area contributed by atoms with Crippen molar-refractivity contribution in [3.63, 3.8) is 0 Å². The molecule has 0 radical (unpaired) electrons. The van der Waals surface area contributed by atoms with Gasteiger partial charge in [0.2, 0.25) is 5.91 Å². The Bertz CT molecular complexity index is 945. The van der Waals surface area contributed by atoms with Crippen molar-refractivity contribution in [2.45, 2.75) is 39.3 Å². The molecule has 1 amide bonds. The first-order valence-electron chi connectivity index (χ1n) is 8.81. The predicted molar refractivity (Wildman–Crippen MR) is 108 cm³/mol. The van der Waals surface area contributed by atoms with Crippen LogP contribution in [0.3, 0.4) is 0 Å². The van der Waals surface area contributed by atoms with E-state index >= 15 is 0 Å². The molecule has 0 saturated carbocycles. The molecular weight excluding hydrogens is 384 g/mol. The Morgan fingerprint density at radius 3 is 2.70 bits per heavy atom. The van der Waals surface area contributed by atoms with E-state index in [1.54, 1.807) is 16.9 Å². The molecule has 3 aromatic rings. The lowest BCUT2D eigenvalue weighted by atomic mass is 10.2. The van der Waals surface area contributed by atoms with Crippen LogP contribution in [0.15, 0.2) is 36.5 Å². The van der Waals surface area contributed by atoms with E-state index < -0.39 is 0 Å². The number of anilines is 1. The lowest BCUT2D eigenvalue weighted by Crippen LogP contribution is -2.15. The van der Waals surface area contributed by atoms with E-state index in [2.05, 4.69) is 27.5 Å². The Hall–Kier alpha value is -2.45. The molecule has 7 nitrogen and oxygen atoms in total. The van der Waals surface area contributed by atoms with E-state index in [1.807, 2.05) is 28.8 Å². The van der Waals surface area contributed by atoms with Crippen molar-refractivity contribution in [1.82, 2.24) is 24.5 Å². The van der Waals surface area contributed by atoms with Crippen LogP contribution in [0.4, 0.5) is 5.82 Å². The van der Waals surface area contributed by atoms with Crippen LogP contribution < -0.4 is 5.32 Å². The fraction of sp³-hybridized carbons (Fsp3) is 0.333. The molecule has 27 heavy (non-hydrogen) atoms. The molecule has 3 rings (SSSR count). The molecule has 9 heteroatoms. The van der Waals surface area contributed by atoms with Crippen LogP contribution >= 0.6 is 23.8 Å². The van der Waals surface area contributed by atoms with Gasteiger partial charge < -0.3 is 5.32 Å². The van der Waals surface area contributed by atoms with Gasteiger partial charge in [-0.3, -0.25) is 14.5 Å².